The first-order chi connectivity index (χ1) is 8.15. The maximum absolute atomic E-state index is 10.2. The molecular weight excluding hydrogens is 212 g/mol. The van der Waals surface area contributed by atoms with E-state index in [1.165, 1.54) is 12.8 Å². The Kier molecular flexibility index (Phi) is 6.54. The molecule has 1 aliphatic rings. The number of aliphatic hydroxyl groups is 1. The SMILES string of the molecule is CC(C)CN(CCC#N)C1CCCCCC1O. The Hall–Kier alpha value is -0.590. The Labute approximate surface area is 105 Å². The standard InChI is InChI=1S/C14H26N2O/c1-12(2)11-16(10-6-9-15)13-7-4-3-5-8-14(13)17/h12-14,17H,3-8,10-11H2,1-2H3. The van der Waals surface area contributed by atoms with Crippen LogP contribution in [0.25, 0.3) is 0 Å². The zero-order valence-corrected chi connectivity index (χ0v) is 11.2. The molecule has 98 valence electrons. The van der Waals surface area contributed by atoms with Crippen LogP contribution in [0.2, 0.25) is 0 Å². The van der Waals surface area contributed by atoms with Crippen LogP contribution in [0.15, 0.2) is 0 Å². The van der Waals surface area contributed by atoms with E-state index in [4.69, 9.17) is 5.26 Å². The number of hydrogen-bond acceptors (Lipinski definition) is 3. The number of rotatable bonds is 5. The van der Waals surface area contributed by atoms with E-state index in [2.05, 4.69) is 24.8 Å². The molecule has 2 unspecified atom stereocenters. The van der Waals surface area contributed by atoms with Gasteiger partial charge in [0.2, 0.25) is 0 Å². The summed E-state index contributed by atoms with van der Waals surface area (Å²) >= 11 is 0. The van der Waals surface area contributed by atoms with Crippen molar-refractivity contribution < 1.29 is 5.11 Å². The minimum atomic E-state index is -0.199. The van der Waals surface area contributed by atoms with E-state index >= 15 is 0 Å². The fourth-order valence-corrected chi connectivity index (χ4v) is 2.75. The molecular formula is C14H26N2O. The summed E-state index contributed by atoms with van der Waals surface area (Å²) in [6.45, 7) is 6.19. The summed E-state index contributed by atoms with van der Waals surface area (Å²) < 4.78 is 0. The molecule has 1 N–H and O–H groups in total. The lowest BCUT2D eigenvalue weighted by Crippen LogP contribution is -2.45. The normalized spacial score (nSPS) is 25.9. The molecule has 0 spiro atoms. The van der Waals surface area contributed by atoms with Crippen molar-refractivity contribution >= 4 is 0 Å². The average molecular weight is 238 g/mol. The molecule has 0 bridgehead atoms. The fourth-order valence-electron chi connectivity index (χ4n) is 2.75. The van der Waals surface area contributed by atoms with Crippen LogP contribution in [0, 0.1) is 17.2 Å². The second-order valence-electron chi connectivity index (χ2n) is 5.57. The number of nitrogens with zero attached hydrogens (tertiary/aromatic N) is 2. The zero-order valence-electron chi connectivity index (χ0n) is 11.2. The van der Waals surface area contributed by atoms with Crippen molar-refractivity contribution in [1.82, 2.24) is 4.90 Å². The second-order valence-corrected chi connectivity index (χ2v) is 5.57. The van der Waals surface area contributed by atoms with E-state index in [1.54, 1.807) is 0 Å². The van der Waals surface area contributed by atoms with Crippen molar-refractivity contribution in [2.24, 2.45) is 5.92 Å². The zero-order chi connectivity index (χ0) is 12.7. The van der Waals surface area contributed by atoms with Gasteiger partial charge >= 0.3 is 0 Å². The number of aliphatic hydroxyl groups excluding tert-OH is 1. The predicted molar refractivity (Wildman–Crippen MR) is 69.5 cm³/mol. The number of hydrogen-bond donors (Lipinski definition) is 1. The van der Waals surface area contributed by atoms with Crippen molar-refractivity contribution in [3.05, 3.63) is 0 Å². The highest BCUT2D eigenvalue weighted by Gasteiger charge is 2.27. The molecule has 1 rings (SSSR count). The minimum Gasteiger partial charge on any atom is -0.391 e. The lowest BCUT2D eigenvalue weighted by atomic mass is 10.0. The lowest BCUT2D eigenvalue weighted by Gasteiger charge is -2.34. The summed E-state index contributed by atoms with van der Waals surface area (Å²) in [5, 5.41) is 18.9. The van der Waals surface area contributed by atoms with Gasteiger partial charge in [0, 0.05) is 25.6 Å². The predicted octanol–water partition coefficient (Wildman–Crippen LogP) is 2.55. The molecule has 1 aliphatic carbocycles. The monoisotopic (exact) mass is 238 g/mol. The average Bonchev–Trinajstić information content (AvgIpc) is 2.49. The van der Waals surface area contributed by atoms with Gasteiger partial charge in [0.1, 0.15) is 0 Å². The van der Waals surface area contributed by atoms with Gasteiger partial charge in [-0.2, -0.15) is 5.26 Å². The molecule has 3 nitrogen and oxygen atoms in total. The molecule has 0 aromatic carbocycles. The molecule has 0 heterocycles. The van der Waals surface area contributed by atoms with Crippen LogP contribution in [-0.2, 0) is 0 Å². The molecule has 3 heteroatoms. The Bertz CT molecular complexity index is 247. The van der Waals surface area contributed by atoms with Crippen molar-refractivity contribution in [2.75, 3.05) is 13.1 Å². The van der Waals surface area contributed by atoms with Crippen LogP contribution >= 0.6 is 0 Å². The maximum Gasteiger partial charge on any atom is 0.0695 e. The Morgan fingerprint density at radius 3 is 2.65 bits per heavy atom. The molecule has 0 radical (unpaired) electrons. The summed E-state index contributed by atoms with van der Waals surface area (Å²) in [5.74, 6) is 0.587. The molecule has 0 saturated heterocycles. The fraction of sp³-hybridized carbons (Fsp3) is 0.929. The van der Waals surface area contributed by atoms with Gasteiger partial charge in [0.15, 0.2) is 0 Å². The Morgan fingerprint density at radius 1 is 1.29 bits per heavy atom. The van der Waals surface area contributed by atoms with Gasteiger partial charge in [-0.15, -0.1) is 0 Å². The molecule has 0 aliphatic heterocycles. The lowest BCUT2D eigenvalue weighted by molar-refractivity contribution is 0.0390. The van der Waals surface area contributed by atoms with Gasteiger partial charge in [-0.3, -0.25) is 4.90 Å². The third-order valence-corrected chi connectivity index (χ3v) is 3.52. The first-order valence-electron chi connectivity index (χ1n) is 6.94. The van der Waals surface area contributed by atoms with E-state index in [9.17, 15) is 5.11 Å². The molecule has 2 atom stereocenters. The summed E-state index contributed by atoms with van der Waals surface area (Å²) in [4.78, 5) is 2.34. The van der Waals surface area contributed by atoms with Gasteiger partial charge in [0.05, 0.1) is 12.2 Å². The Morgan fingerprint density at radius 2 is 2.00 bits per heavy atom. The van der Waals surface area contributed by atoms with E-state index in [0.29, 0.717) is 12.3 Å². The van der Waals surface area contributed by atoms with Crippen LogP contribution in [0.3, 0.4) is 0 Å². The van der Waals surface area contributed by atoms with Gasteiger partial charge < -0.3 is 5.11 Å². The van der Waals surface area contributed by atoms with E-state index < -0.39 is 0 Å². The van der Waals surface area contributed by atoms with Crippen molar-refractivity contribution in [3.8, 4) is 6.07 Å². The van der Waals surface area contributed by atoms with Crippen LogP contribution in [0.5, 0.6) is 0 Å². The highest BCUT2D eigenvalue weighted by Crippen LogP contribution is 2.23. The largest absolute Gasteiger partial charge is 0.391 e. The maximum atomic E-state index is 10.2. The molecule has 0 amide bonds. The van der Waals surface area contributed by atoms with Gasteiger partial charge in [-0.1, -0.05) is 33.1 Å². The van der Waals surface area contributed by atoms with E-state index in [-0.39, 0.29) is 12.1 Å². The van der Waals surface area contributed by atoms with E-state index in [0.717, 1.165) is 32.4 Å². The van der Waals surface area contributed by atoms with Crippen molar-refractivity contribution in [1.29, 1.82) is 5.26 Å². The summed E-state index contributed by atoms with van der Waals surface area (Å²) in [6, 6.07) is 2.49. The third-order valence-electron chi connectivity index (χ3n) is 3.52. The second kappa shape index (κ2) is 7.68. The molecule has 17 heavy (non-hydrogen) atoms. The molecule has 1 fully saturated rings. The summed E-state index contributed by atoms with van der Waals surface area (Å²) in [6.07, 6.45) is 5.96. The van der Waals surface area contributed by atoms with Gasteiger partial charge in [-0.05, 0) is 18.8 Å². The van der Waals surface area contributed by atoms with Crippen molar-refractivity contribution in [2.45, 2.75) is 64.5 Å². The topological polar surface area (TPSA) is 47.3 Å². The van der Waals surface area contributed by atoms with Crippen LogP contribution in [0.4, 0.5) is 0 Å². The van der Waals surface area contributed by atoms with E-state index in [1.807, 2.05) is 0 Å². The first-order valence-corrected chi connectivity index (χ1v) is 6.94. The first kappa shape index (κ1) is 14.5. The van der Waals surface area contributed by atoms with Crippen LogP contribution < -0.4 is 0 Å². The number of nitriles is 1. The minimum absolute atomic E-state index is 0.199. The van der Waals surface area contributed by atoms with Crippen molar-refractivity contribution in [3.63, 3.8) is 0 Å². The highest BCUT2D eigenvalue weighted by molar-refractivity contribution is 4.84. The summed E-state index contributed by atoms with van der Waals surface area (Å²) in [7, 11) is 0. The smallest absolute Gasteiger partial charge is 0.0695 e. The molecule has 0 aromatic heterocycles. The molecule has 1 saturated carbocycles. The third kappa shape index (κ3) is 5.06. The highest BCUT2D eigenvalue weighted by atomic mass is 16.3. The molecule has 0 aromatic rings. The summed E-state index contributed by atoms with van der Waals surface area (Å²) in [5.41, 5.74) is 0. The van der Waals surface area contributed by atoms with Gasteiger partial charge in [-0.25, -0.2) is 0 Å². The van der Waals surface area contributed by atoms with Crippen LogP contribution in [0.1, 0.15) is 52.4 Å². The Balaban J connectivity index is 2.61. The van der Waals surface area contributed by atoms with Crippen LogP contribution in [-0.4, -0.2) is 35.2 Å². The quantitative estimate of drug-likeness (QED) is 0.749. The van der Waals surface area contributed by atoms with Gasteiger partial charge in [0.25, 0.3) is 0 Å².